The number of ether oxygens (including phenoxy) is 1. The van der Waals surface area contributed by atoms with E-state index < -0.39 is 0 Å². The molecular formula is C15H22N2O2. The molecule has 104 valence electrons. The summed E-state index contributed by atoms with van der Waals surface area (Å²) >= 11 is 0. The second-order valence-electron chi connectivity index (χ2n) is 5.11. The van der Waals surface area contributed by atoms with Crippen molar-refractivity contribution in [2.45, 2.75) is 44.9 Å². The number of nitrogens with two attached hydrogens (primary N) is 1. The summed E-state index contributed by atoms with van der Waals surface area (Å²) in [7, 11) is 0. The minimum absolute atomic E-state index is 0.0449. The average molecular weight is 262 g/mol. The van der Waals surface area contributed by atoms with Crippen LogP contribution in [0.15, 0.2) is 24.3 Å². The van der Waals surface area contributed by atoms with Gasteiger partial charge in [-0.15, -0.1) is 0 Å². The van der Waals surface area contributed by atoms with E-state index in [4.69, 9.17) is 10.5 Å². The third-order valence-electron chi connectivity index (χ3n) is 3.53. The van der Waals surface area contributed by atoms with Crippen LogP contribution in [-0.2, 0) is 22.5 Å². The first-order chi connectivity index (χ1) is 9.19. The first-order valence-corrected chi connectivity index (χ1v) is 6.88. The maximum absolute atomic E-state index is 11.9. The highest BCUT2D eigenvalue weighted by Crippen LogP contribution is 2.15. The Kier molecular flexibility index (Phi) is 4.93. The Morgan fingerprint density at radius 2 is 2.11 bits per heavy atom. The Labute approximate surface area is 114 Å². The van der Waals surface area contributed by atoms with Crippen molar-refractivity contribution in [3.05, 3.63) is 35.4 Å². The molecule has 4 nitrogen and oxygen atoms in total. The summed E-state index contributed by atoms with van der Waals surface area (Å²) in [5.41, 5.74) is 7.63. The number of amides is 1. The zero-order valence-electron chi connectivity index (χ0n) is 11.4. The van der Waals surface area contributed by atoms with Crippen LogP contribution >= 0.6 is 0 Å². The molecule has 0 aromatic heterocycles. The number of nitrogens with one attached hydrogen (secondary N) is 1. The quantitative estimate of drug-likeness (QED) is 0.842. The normalized spacial score (nSPS) is 20.2. The van der Waals surface area contributed by atoms with Crippen LogP contribution in [0.4, 0.5) is 0 Å². The first-order valence-electron chi connectivity index (χ1n) is 6.88. The van der Waals surface area contributed by atoms with E-state index >= 15 is 0 Å². The number of benzene rings is 1. The molecule has 1 saturated heterocycles. The molecular weight excluding hydrogens is 240 g/mol. The molecule has 0 radical (unpaired) electrons. The molecule has 1 amide bonds. The van der Waals surface area contributed by atoms with E-state index in [0.717, 1.165) is 30.6 Å². The molecule has 1 aliphatic rings. The average Bonchev–Trinajstić information content (AvgIpc) is 2.93. The highest BCUT2D eigenvalue weighted by atomic mass is 16.5. The van der Waals surface area contributed by atoms with E-state index in [0.29, 0.717) is 13.0 Å². The lowest BCUT2D eigenvalue weighted by Crippen LogP contribution is -2.41. The fraction of sp³-hybridized carbons (Fsp3) is 0.533. The lowest BCUT2D eigenvalue weighted by molar-refractivity contribution is -0.121. The molecule has 0 aliphatic carbocycles. The first kappa shape index (κ1) is 14.0. The fourth-order valence-electron chi connectivity index (χ4n) is 2.37. The Morgan fingerprint density at radius 3 is 2.68 bits per heavy atom. The molecule has 0 spiro atoms. The van der Waals surface area contributed by atoms with Crippen LogP contribution in [0.2, 0.25) is 0 Å². The summed E-state index contributed by atoms with van der Waals surface area (Å²) < 4.78 is 5.57. The van der Waals surface area contributed by atoms with Gasteiger partial charge in [0.1, 0.15) is 0 Å². The van der Waals surface area contributed by atoms with Crippen LogP contribution in [-0.4, -0.2) is 24.7 Å². The third-order valence-corrected chi connectivity index (χ3v) is 3.53. The molecule has 1 aromatic carbocycles. The summed E-state index contributed by atoms with van der Waals surface area (Å²) in [5, 5.41) is 3.01. The molecule has 2 atom stereocenters. The smallest absolute Gasteiger partial charge is 0.224 e. The molecule has 1 aromatic rings. The maximum atomic E-state index is 11.9. The van der Waals surface area contributed by atoms with Crippen LogP contribution in [0.3, 0.4) is 0 Å². The Morgan fingerprint density at radius 1 is 1.42 bits per heavy atom. The third kappa shape index (κ3) is 4.04. The minimum atomic E-state index is 0.0449. The van der Waals surface area contributed by atoms with Gasteiger partial charge >= 0.3 is 0 Å². The Bertz CT molecular complexity index is 411. The zero-order chi connectivity index (χ0) is 13.7. The standard InChI is InChI=1S/C15H22N2O2/c1-11(14-3-2-8-19-14)17-15(18)9-12-4-6-13(10-16)7-5-12/h4-7,11,14H,2-3,8-10,16H2,1H3,(H,17,18). The van der Waals surface area contributed by atoms with Crippen LogP contribution < -0.4 is 11.1 Å². The van der Waals surface area contributed by atoms with Crippen molar-refractivity contribution in [2.75, 3.05) is 6.61 Å². The van der Waals surface area contributed by atoms with Gasteiger partial charge in [0.2, 0.25) is 5.91 Å². The van der Waals surface area contributed by atoms with E-state index in [1.165, 1.54) is 0 Å². The summed E-state index contributed by atoms with van der Waals surface area (Å²) in [4.78, 5) is 11.9. The number of carbonyl (C=O) groups excluding carboxylic acids is 1. The van der Waals surface area contributed by atoms with Crippen molar-refractivity contribution in [3.8, 4) is 0 Å². The fourth-order valence-corrected chi connectivity index (χ4v) is 2.37. The van der Waals surface area contributed by atoms with E-state index in [2.05, 4.69) is 5.32 Å². The number of carbonyl (C=O) groups is 1. The van der Waals surface area contributed by atoms with Crippen molar-refractivity contribution in [1.29, 1.82) is 0 Å². The van der Waals surface area contributed by atoms with Crippen LogP contribution in [0.1, 0.15) is 30.9 Å². The van der Waals surface area contributed by atoms with Gasteiger partial charge in [-0.1, -0.05) is 24.3 Å². The molecule has 0 saturated carbocycles. The number of hydrogen-bond acceptors (Lipinski definition) is 3. The van der Waals surface area contributed by atoms with Gasteiger partial charge < -0.3 is 15.8 Å². The van der Waals surface area contributed by atoms with Crippen LogP contribution in [0.25, 0.3) is 0 Å². The predicted molar refractivity (Wildman–Crippen MR) is 74.6 cm³/mol. The SMILES string of the molecule is CC(NC(=O)Cc1ccc(CN)cc1)C1CCCO1. The Balaban J connectivity index is 1.82. The van der Waals surface area contributed by atoms with Gasteiger partial charge in [0, 0.05) is 13.2 Å². The van der Waals surface area contributed by atoms with Crippen molar-refractivity contribution in [2.24, 2.45) is 5.73 Å². The van der Waals surface area contributed by atoms with Gasteiger partial charge in [-0.3, -0.25) is 4.79 Å². The minimum Gasteiger partial charge on any atom is -0.376 e. The molecule has 1 heterocycles. The van der Waals surface area contributed by atoms with Crippen LogP contribution in [0.5, 0.6) is 0 Å². The van der Waals surface area contributed by atoms with Crippen molar-refractivity contribution in [3.63, 3.8) is 0 Å². The van der Waals surface area contributed by atoms with Gasteiger partial charge in [0.15, 0.2) is 0 Å². The second kappa shape index (κ2) is 6.68. The topological polar surface area (TPSA) is 64.4 Å². The number of rotatable bonds is 5. The molecule has 3 N–H and O–H groups in total. The predicted octanol–water partition coefficient (Wildman–Crippen LogP) is 1.37. The van der Waals surface area contributed by atoms with Crippen molar-refractivity contribution in [1.82, 2.24) is 5.32 Å². The van der Waals surface area contributed by atoms with E-state index in [9.17, 15) is 4.79 Å². The molecule has 2 rings (SSSR count). The summed E-state index contributed by atoms with van der Waals surface area (Å²) in [6, 6.07) is 7.92. The largest absolute Gasteiger partial charge is 0.376 e. The Hall–Kier alpha value is -1.39. The number of hydrogen-bond donors (Lipinski definition) is 2. The highest BCUT2D eigenvalue weighted by molar-refractivity contribution is 5.78. The lowest BCUT2D eigenvalue weighted by Gasteiger charge is -2.20. The van der Waals surface area contributed by atoms with Crippen molar-refractivity contribution < 1.29 is 9.53 Å². The molecule has 1 aliphatic heterocycles. The molecule has 4 heteroatoms. The highest BCUT2D eigenvalue weighted by Gasteiger charge is 2.23. The molecule has 19 heavy (non-hydrogen) atoms. The molecule has 1 fully saturated rings. The molecule has 2 unspecified atom stereocenters. The van der Waals surface area contributed by atoms with Gasteiger partial charge in [0.25, 0.3) is 0 Å². The van der Waals surface area contributed by atoms with Crippen LogP contribution in [0, 0.1) is 0 Å². The van der Waals surface area contributed by atoms with Gasteiger partial charge in [0.05, 0.1) is 18.6 Å². The van der Waals surface area contributed by atoms with Crippen molar-refractivity contribution >= 4 is 5.91 Å². The van der Waals surface area contributed by atoms with E-state index in [1.807, 2.05) is 31.2 Å². The summed E-state index contributed by atoms with van der Waals surface area (Å²) in [6.45, 7) is 3.35. The van der Waals surface area contributed by atoms with E-state index in [1.54, 1.807) is 0 Å². The maximum Gasteiger partial charge on any atom is 0.224 e. The second-order valence-corrected chi connectivity index (χ2v) is 5.11. The summed E-state index contributed by atoms with van der Waals surface area (Å²) in [6.07, 6.45) is 2.70. The lowest BCUT2D eigenvalue weighted by atomic mass is 10.1. The van der Waals surface area contributed by atoms with Gasteiger partial charge in [-0.25, -0.2) is 0 Å². The van der Waals surface area contributed by atoms with E-state index in [-0.39, 0.29) is 18.1 Å². The zero-order valence-corrected chi connectivity index (χ0v) is 11.4. The molecule has 0 bridgehead atoms. The summed E-state index contributed by atoms with van der Waals surface area (Å²) in [5.74, 6) is 0.0449. The van der Waals surface area contributed by atoms with Gasteiger partial charge in [-0.2, -0.15) is 0 Å². The van der Waals surface area contributed by atoms with Gasteiger partial charge in [-0.05, 0) is 30.9 Å². The monoisotopic (exact) mass is 262 g/mol.